The van der Waals surface area contributed by atoms with Crippen LogP contribution in [-0.2, 0) is 0 Å². The van der Waals surface area contributed by atoms with Crippen molar-refractivity contribution in [1.82, 2.24) is 5.32 Å². The van der Waals surface area contributed by atoms with Crippen LogP contribution < -0.4 is 15.8 Å². The number of methoxy groups -OCH3 is 1. The fourth-order valence-corrected chi connectivity index (χ4v) is 2.85. The first-order chi connectivity index (χ1) is 10.5. The first-order valence-electron chi connectivity index (χ1n) is 7.27. The van der Waals surface area contributed by atoms with E-state index in [1.54, 1.807) is 18.6 Å². The number of amides is 1. The monoisotopic (exact) mass is 318 g/mol. The molecule has 0 spiro atoms. The first kappa shape index (κ1) is 16.5. The molecule has 2 rings (SSSR count). The molecule has 5 heteroatoms. The Hall–Kier alpha value is -1.85. The Morgan fingerprint density at radius 3 is 2.45 bits per heavy atom. The topological polar surface area (TPSA) is 64.3 Å². The number of carbonyl (C=O) groups excluding carboxylic acids is 1. The first-order valence-corrected chi connectivity index (χ1v) is 8.15. The van der Waals surface area contributed by atoms with Gasteiger partial charge >= 0.3 is 0 Å². The van der Waals surface area contributed by atoms with E-state index in [1.165, 1.54) is 16.9 Å². The standard InChI is InChI=1S/C17H22N2O2S/c1-11(2)12-4-6-13(7-5-12)15(18)9-19-17(20)16-8-14(21-3)10-22-16/h4-8,10-11,15H,9,18H2,1-3H3,(H,19,20). The van der Waals surface area contributed by atoms with E-state index >= 15 is 0 Å². The molecule has 3 N–H and O–H groups in total. The van der Waals surface area contributed by atoms with E-state index in [0.717, 1.165) is 5.56 Å². The summed E-state index contributed by atoms with van der Waals surface area (Å²) in [5.41, 5.74) is 8.45. The lowest BCUT2D eigenvalue weighted by Crippen LogP contribution is -2.31. The molecule has 0 saturated heterocycles. The molecule has 22 heavy (non-hydrogen) atoms. The summed E-state index contributed by atoms with van der Waals surface area (Å²) >= 11 is 1.36. The van der Waals surface area contributed by atoms with Gasteiger partial charge in [-0.25, -0.2) is 0 Å². The van der Waals surface area contributed by atoms with Crippen molar-refractivity contribution in [2.45, 2.75) is 25.8 Å². The maximum Gasteiger partial charge on any atom is 0.261 e. The van der Waals surface area contributed by atoms with E-state index in [1.807, 2.05) is 12.1 Å². The van der Waals surface area contributed by atoms with Crippen LogP contribution in [0.4, 0.5) is 0 Å². The predicted molar refractivity (Wildman–Crippen MR) is 90.7 cm³/mol. The average Bonchev–Trinajstić information content (AvgIpc) is 3.01. The predicted octanol–water partition coefficient (Wildman–Crippen LogP) is 3.31. The van der Waals surface area contributed by atoms with Gasteiger partial charge in [0.15, 0.2) is 0 Å². The molecule has 4 nitrogen and oxygen atoms in total. The number of nitrogens with two attached hydrogens (primary N) is 1. The summed E-state index contributed by atoms with van der Waals surface area (Å²) in [5, 5.41) is 4.67. The Morgan fingerprint density at radius 2 is 1.91 bits per heavy atom. The molecule has 0 fully saturated rings. The van der Waals surface area contributed by atoms with Gasteiger partial charge in [0.05, 0.1) is 12.0 Å². The number of nitrogens with one attached hydrogen (secondary N) is 1. The van der Waals surface area contributed by atoms with Gasteiger partial charge in [-0.15, -0.1) is 11.3 Å². The summed E-state index contributed by atoms with van der Waals surface area (Å²) in [5.74, 6) is 1.07. The zero-order valence-electron chi connectivity index (χ0n) is 13.1. The Morgan fingerprint density at radius 1 is 1.27 bits per heavy atom. The van der Waals surface area contributed by atoms with Crippen LogP contribution in [0.3, 0.4) is 0 Å². The molecule has 118 valence electrons. The third-order valence-corrected chi connectivity index (χ3v) is 4.46. The average molecular weight is 318 g/mol. The van der Waals surface area contributed by atoms with Gasteiger partial charge in [-0.3, -0.25) is 4.79 Å². The van der Waals surface area contributed by atoms with E-state index in [9.17, 15) is 4.79 Å². The van der Waals surface area contributed by atoms with Crippen molar-refractivity contribution in [3.05, 3.63) is 51.7 Å². The molecular formula is C17H22N2O2S. The Kier molecular flexibility index (Phi) is 5.57. The minimum absolute atomic E-state index is 0.123. The van der Waals surface area contributed by atoms with Gasteiger partial charge in [0.1, 0.15) is 5.75 Å². The normalized spacial score (nSPS) is 12.2. The summed E-state index contributed by atoms with van der Waals surface area (Å²) in [6, 6.07) is 9.74. The highest BCUT2D eigenvalue weighted by molar-refractivity contribution is 7.12. The zero-order valence-corrected chi connectivity index (χ0v) is 13.9. The van der Waals surface area contributed by atoms with Gasteiger partial charge in [0.2, 0.25) is 0 Å². The van der Waals surface area contributed by atoms with Crippen LogP contribution in [0.2, 0.25) is 0 Å². The Bertz CT molecular complexity index is 620. The van der Waals surface area contributed by atoms with E-state index in [0.29, 0.717) is 23.1 Å². The molecule has 0 aliphatic carbocycles. The highest BCUT2D eigenvalue weighted by Gasteiger charge is 2.12. The smallest absolute Gasteiger partial charge is 0.261 e. The highest BCUT2D eigenvalue weighted by atomic mass is 32.1. The zero-order chi connectivity index (χ0) is 16.1. The maximum absolute atomic E-state index is 12.0. The molecular weight excluding hydrogens is 296 g/mol. The third kappa shape index (κ3) is 4.08. The van der Waals surface area contributed by atoms with Gasteiger partial charge in [-0.2, -0.15) is 0 Å². The molecule has 1 amide bonds. The van der Waals surface area contributed by atoms with Crippen molar-refractivity contribution >= 4 is 17.2 Å². The van der Waals surface area contributed by atoms with Gasteiger partial charge < -0.3 is 15.8 Å². The SMILES string of the molecule is COc1csc(C(=O)NCC(N)c2ccc(C(C)C)cc2)c1. The van der Waals surface area contributed by atoms with Crippen molar-refractivity contribution in [2.75, 3.05) is 13.7 Å². The fourth-order valence-electron chi connectivity index (χ4n) is 2.08. The van der Waals surface area contributed by atoms with Crippen molar-refractivity contribution in [1.29, 1.82) is 0 Å². The third-order valence-electron chi connectivity index (χ3n) is 3.55. The summed E-state index contributed by atoms with van der Waals surface area (Å²) in [6.07, 6.45) is 0. The van der Waals surface area contributed by atoms with Crippen LogP contribution in [0.25, 0.3) is 0 Å². The van der Waals surface area contributed by atoms with Gasteiger partial charge in [-0.05, 0) is 17.0 Å². The van der Waals surface area contributed by atoms with Crippen LogP contribution in [0.5, 0.6) is 5.75 Å². The lowest BCUT2D eigenvalue weighted by molar-refractivity contribution is 0.0955. The largest absolute Gasteiger partial charge is 0.496 e. The lowest BCUT2D eigenvalue weighted by atomic mass is 9.99. The molecule has 0 aliphatic rings. The lowest BCUT2D eigenvalue weighted by Gasteiger charge is -2.14. The summed E-state index contributed by atoms with van der Waals surface area (Å²) in [6.45, 7) is 4.72. The van der Waals surface area contributed by atoms with Gasteiger partial charge in [-0.1, -0.05) is 38.1 Å². The molecule has 1 heterocycles. The number of thiophene rings is 1. The number of rotatable bonds is 6. The molecule has 0 aliphatic heterocycles. The molecule has 1 aromatic carbocycles. The molecule has 1 aromatic heterocycles. The molecule has 1 unspecified atom stereocenters. The Balaban J connectivity index is 1.91. The summed E-state index contributed by atoms with van der Waals surface area (Å²) in [7, 11) is 1.58. The van der Waals surface area contributed by atoms with Crippen LogP contribution in [0, 0.1) is 0 Å². The summed E-state index contributed by atoms with van der Waals surface area (Å²) in [4.78, 5) is 12.7. The second-order valence-electron chi connectivity index (χ2n) is 5.49. The minimum atomic E-state index is -0.216. The van der Waals surface area contributed by atoms with Gasteiger partial charge in [0, 0.05) is 24.0 Å². The number of ether oxygens (including phenoxy) is 1. The van der Waals surface area contributed by atoms with Crippen LogP contribution in [0.1, 0.15) is 46.6 Å². The maximum atomic E-state index is 12.0. The van der Waals surface area contributed by atoms with Crippen molar-refractivity contribution in [2.24, 2.45) is 5.73 Å². The molecule has 0 radical (unpaired) electrons. The number of hydrogen-bond acceptors (Lipinski definition) is 4. The van der Waals surface area contributed by atoms with E-state index < -0.39 is 0 Å². The van der Waals surface area contributed by atoms with E-state index in [4.69, 9.17) is 10.5 Å². The van der Waals surface area contributed by atoms with Crippen molar-refractivity contribution in [3.63, 3.8) is 0 Å². The van der Waals surface area contributed by atoms with Crippen LogP contribution in [-0.4, -0.2) is 19.6 Å². The highest BCUT2D eigenvalue weighted by Crippen LogP contribution is 2.21. The molecule has 0 saturated carbocycles. The van der Waals surface area contributed by atoms with E-state index in [-0.39, 0.29) is 11.9 Å². The molecule has 0 bridgehead atoms. The quantitative estimate of drug-likeness (QED) is 0.859. The van der Waals surface area contributed by atoms with Crippen LogP contribution >= 0.6 is 11.3 Å². The number of hydrogen-bond donors (Lipinski definition) is 2. The second-order valence-corrected chi connectivity index (χ2v) is 6.40. The minimum Gasteiger partial charge on any atom is -0.496 e. The Labute approximate surface area is 135 Å². The molecule has 1 atom stereocenters. The fraction of sp³-hybridized carbons (Fsp3) is 0.353. The van der Waals surface area contributed by atoms with Crippen LogP contribution in [0.15, 0.2) is 35.7 Å². The number of carbonyl (C=O) groups is 1. The van der Waals surface area contributed by atoms with Gasteiger partial charge in [0.25, 0.3) is 5.91 Å². The van der Waals surface area contributed by atoms with E-state index in [2.05, 4.69) is 31.3 Å². The van der Waals surface area contributed by atoms with Crippen molar-refractivity contribution < 1.29 is 9.53 Å². The second kappa shape index (κ2) is 7.42. The number of benzene rings is 1. The molecule has 2 aromatic rings. The summed E-state index contributed by atoms with van der Waals surface area (Å²) < 4.78 is 5.08. The van der Waals surface area contributed by atoms with Crippen molar-refractivity contribution in [3.8, 4) is 5.75 Å².